The Morgan fingerprint density at radius 3 is 3.05 bits per heavy atom. The third kappa shape index (κ3) is 3.38. The summed E-state index contributed by atoms with van der Waals surface area (Å²) in [6.07, 6.45) is 9.92. The van der Waals surface area contributed by atoms with Gasteiger partial charge in [-0.05, 0) is 36.5 Å². The highest BCUT2D eigenvalue weighted by Crippen LogP contribution is 2.25. The first kappa shape index (κ1) is 13.6. The minimum atomic E-state index is 0.741. The Hall–Kier alpha value is -1.39. The molecule has 108 valence electrons. The molecule has 0 radical (unpaired) electrons. The first-order valence-corrected chi connectivity index (χ1v) is 7.45. The van der Waals surface area contributed by atoms with Gasteiger partial charge in [0.15, 0.2) is 0 Å². The Kier molecular flexibility index (Phi) is 4.33. The quantitative estimate of drug-likeness (QED) is 0.806. The highest BCUT2D eigenvalue weighted by atomic mass is 16.5. The third-order valence-corrected chi connectivity index (χ3v) is 4.02. The van der Waals surface area contributed by atoms with Crippen LogP contribution in [0, 0.1) is 0 Å². The number of hydrogen-bond donors (Lipinski definition) is 1. The molecule has 2 aliphatic rings. The van der Waals surface area contributed by atoms with Crippen LogP contribution in [0.5, 0.6) is 0 Å². The van der Waals surface area contributed by atoms with Crippen LogP contribution in [-0.2, 0) is 11.3 Å². The molecular formula is C16H23N3O. The van der Waals surface area contributed by atoms with Crippen LogP contribution in [0.15, 0.2) is 30.1 Å². The van der Waals surface area contributed by atoms with E-state index in [0.717, 1.165) is 38.7 Å². The van der Waals surface area contributed by atoms with E-state index in [0.29, 0.717) is 0 Å². The second-order valence-corrected chi connectivity index (χ2v) is 5.65. The van der Waals surface area contributed by atoms with Crippen LogP contribution in [0.4, 0.5) is 5.69 Å². The van der Waals surface area contributed by atoms with E-state index >= 15 is 0 Å². The van der Waals surface area contributed by atoms with Gasteiger partial charge in [-0.25, -0.2) is 0 Å². The third-order valence-electron chi connectivity index (χ3n) is 4.02. The molecule has 20 heavy (non-hydrogen) atoms. The molecule has 1 aliphatic heterocycles. The fourth-order valence-corrected chi connectivity index (χ4v) is 2.64. The van der Waals surface area contributed by atoms with Crippen LogP contribution >= 0.6 is 0 Å². The highest BCUT2D eigenvalue weighted by molar-refractivity contribution is 5.53. The van der Waals surface area contributed by atoms with Crippen LogP contribution in [0.3, 0.4) is 0 Å². The van der Waals surface area contributed by atoms with Crippen molar-refractivity contribution < 1.29 is 4.74 Å². The van der Waals surface area contributed by atoms with Gasteiger partial charge in [0.2, 0.25) is 0 Å². The maximum atomic E-state index is 5.21. The molecular weight excluding hydrogens is 250 g/mol. The molecule has 1 saturated carbocycles. The fourth-order valence-electron chi connectivity index (χ4n) is 2.64. The summed E-state index contributed by atoms with van der Waals surface area (Å²) in [6.45, 7) is 3.72. The highest BCUT2D eigenvalue weighted by Gasteiger charge is 2.21. The molecule has 0 spiro atoms. The Morgan fingerprint density at radius 2 is 2.35 bits per heavy atom. The lowest BCUT2D eigenvalue weighted by atomic mass is 10.1. The van der Waals surface area contributed by atoms with Crippen molar-refractivity contribution in [1.82, 2.24) is 10.3 Å². The molecule has 1 fully saturated rings. The normalized spacial score (nSPS) is 19.1. The summed E-state index contributed by atoms with van der Waals surface area (Å²) in [5, 5.41) is 3.59. The average Bonchev–Trinajstić information content (AvgIpc) is 3.31. The molecule has 0 saturated heterocycles. The smallest absolute Gasteiger partial charge is 0.0674 e. The summed E-state index contributed by atoms with van der Waals surface area (Å²) in [7, 11) is 1.76. The van der Waals surface area contributed by atoms with E-state index in [1.54, 1.807) is 7.11 Å². The van der Waals surface area contributed by atoms with Crippen molar-refractivity contribution in [1.29, 1.82) is 0 Å². The standard InChI is InChI=1S/C16H23N3O/c1-20-12-13-5-8-19(9-6-13)16-11-17-7-4-14(16)10-18-15-2-3-15/h4-5,7,11,15,18H,2-3,6,8-10,12H2,1H3. The van der Waals surface area contributed by atoms with Crippen LogP contribution in [0.2, 0.25) is 0 Å². The van der Waals surface area contributed by atoms with Crippen LogP contribution in [0.25, 0.3) is 0 Å². The zero-order chi connectivity index (χ0) is 13.8. The Morgan fingerprint density at radius 1 is 1.45 bits per heavy atom. The number of rotatable bonds is 6. The molecule has 1 N–H and O–H groups in total. The van der Waals surface area contributed by atoms with E-state index in [1.807, 2.05) is 12.4 Å². The first-order chi connectivity index (χ1) is 9.86. The predicted octanol–water partition coefficient (Wildman–Crippen LogP) is 2.12. The lowest BCUT2D eigenvalue weighted by Gasteiger charge is -2.29. The van der Waals surface area contributed by atoms with Gasteiger partial charge in [-0.3, -0.25) is 4.98 Å². The van der Waals surface area contributed by atoms with Crippen molar-refractivity contribution in [3.8, 4) is 0 Å². The number of nitrogens with one attached hydrogen (secondary N) is 1. The van der Waals surface area contributed by atoms with Gasteiger partial charge in [0.25, 0.3) is 0 Å². The van der Waals surface area contributed by atoms with Crippen molar-refractivity contribution in [3.05, 3.63) is 35.7 Å². The summed E-state index contributed by atoms with van der Waals surface area (Å²) in [6, 6.07) is 2.88. The number of pyridine rings is 1. The lowest BCUT2D eigenvalue weighted by molar-refractivity contribution is 0.222. The van der Waals surface area contributed by atoms with E-state index in [-0.39, 0.29) is 0 Å². The zero-order valence-corrected chi connectivity index (χ0v) is 12.1. The SMILES string of the molecule is COCC1=CCN(c2cnccc2CNC2CC2)CC1. The molecule has 1 aliphatic carbocycles. The fraction of sp³-hybridized carbons (Fsp3) is 0.562. The zero-order valence-electron chi connectivity index (χ0n) is 12.1. The van der Waals surface area contributed by atoms with Crippen molar-refractivity contribution in [2.75, 3.05) is 31.7 Å². The van der Waals surface area contributed by atoms with E-state index < -0.39 is 0 Å². The predicted molar refractivity (Wildman–Crippen MR) is 80.9 cm³/mol. The van der Waals surface area contributed by atoms with Gasteiger partial charge in [0.1, 0.15) is 0 Å². The van der Waals surface area contributed by atoms with Gasteiger partial charge in [0.05, 0.1) is 18.5 Å². The van der Waals surface area contributed by atoms with E-state index in [1.165, 1.54) is 29.7 Å². The van der Waals surface area contributed by atoms with Crippen molar-refractivity contribution in [3.63, 3.8) is 0 Å². The maximum absolute atomic E-state index is 5.21. The number of ether oxygens (including phenoxy) is 1. The largest absolute Gasteiger partial charge is 0.380 e. The van der Waals surface area contributed by atoms with Crippen LogP contribution < -0.4 is 10.2 Å². The maximum Gasteiger partial charge on any atom is 0.0674 e. The van der Waals surface area contributed by atoms with Crippen LogP contribution in [-0.4, -0.2) is 37.8 Å². The summed E-state index contributed by atoms with van der Waals surface area (Å²) in [5.74, 6) is 0. The molecule has 1 aromatic rings. The molecule has 2 heterocycles. The van der Waals surface area contributed by atoms with Gasteiger partial charge in [-0.15, -0.1) is 0 Å². The molecule has 0 unspecified atom stereocenters. The number of methoxy groups -OCH3 is 1. The monoisotopic (exact) mass is 273 g/mol. The van der Waals surface area contributed by atoms with Gasteiger partial charge in [-0.1, -0.05) is 6.08 Å². The molecule has 3 rings (SSSR count). The van der Waals surface area contributed by atoms with E-state index in [9.17, 15) is 0 Å². The second-order valence-electron chi connectivity index (χ2n) is 5.65. The number of anilines is 1. The van der Waals surface area contributed by atoms with E-state index in [4.69, 9.17) is 4.74 Å². The number of aromatic nitrogens is 1. The van der Waals surface area contributed by atoms with Crippen LogP contribution in [0.1, 0.15) is 24.8 Å². The molecule has 0 aromatic carbocycles. The summed E-state index contributed by atoms with van der Waals surface area (Å²) < 4.78 is 5.21. The average molecular weight is 273 g/mol. The Bertz CT molecular complexity index is 482. The van der Waals surface area contributed by atoms with Gasteiger partial charge in [-0.2, -0.15) is 0 Å². The molecule has 0 atom stereocenters. The Labute approximate surface area is 120 Å². The van der Waals surface area contributed by atoms with Crippen molar-refractivity contribution in [2.45, 2.75) is 31.8 Å². The summed E-state index contributed by atoms with van der Waals surface area (Å²) >= 11 is 0. The number of nitrogens with zero attached hydrogens (tertiary/aromatic N) is 2. The van der Waals surface area contributed by atoms with Crippen molar-refractivity contribution >= 4 is 5.69 Å². The molecule has 4 heteroatoms. The minimum absolute atomic E-state index is 0.741. The molecule has 0 bridgehead atoms. The summed E-state index contributed by atoms with van der Waals surface area (Å²) in [4.78, 5) is 6.72. The van der Waals surface area contributed by atoms with Crippen molar-refractivity contribution in [2.24, 2.45) is 0 Å². The van der Waals surface area contributed by atoms with Gasteiger partial charge < -0.3 is 15.0 Å². The lowest BCUT2D eigenvalue weighted by Crippen LogP contribution is -2.31. The topological polar surface area (TPSA) is 37.4 Å². The summed E-state index contributed by atoms with van der Waals surface area (Å²) in [5.41, 5.74) is 4.04. The second kappa shape index (κ2) is 6.37. The first-order valence-electron chi connectivity index (χ1n) is 7.45. The molecule has 1 aromatic heterocycles. The van der Waals surface area contributed by atoms with Gasteiger partial charge in [0, 0.05) is 39.0 Å². The molecule has 0 amide bonds. The molecule has 4 nitrogen and oxygen atoms in total. The minimum Gasteiger partial charge on any atom is -0.380 e. The van der Waals surface area contributed by atoms with Gasteiger partial charge >= 0.3 is 0 Å². The Balaban J connectivity index is 1.66. The number of hydrogen-bond acceptors (Lipinski definition) is 4. The van der Waals surface area contributed by atoms with E-state index in [2.05, 4.69) is 27.3 Å².